The number of aromatic nitrogens is 1. The van der Waals surface area contributed by atoms with Crippen molar-refractivity contribution in [2.45, 2.75) is 46.6 Å². The van der Waals surface area contributed by atoms with Gasteiger partial charge in [0.25, 0.3) is 0 Å². The zero-order valence-electron chi connectivity index (χ0n) is 13.6. The average molecular weight is 317 g/mol. The van der Waals surface area contributed by atoms with Gasteiger partial charge in [-0.05, 0) is 32.3 Å². The predicted octanol–water partition coefficient (Wildman–Crippen LogP) is 4.74. The lowest BCUT2D eigenvalue weighted by Crippen LogP contribution is -2.37. The van der Waals surface area contributed by atoms with E-state index >= 15 is 0 Å². The Morgan fingerprint density at radius 3 is 2.64 bits per heavy atom. The number of aryl methyl sites for hydroxylation is 2. The molecule has 2 amide bonds. The zero-order chi connectivity index (χ0) is 16.1. The number of anilines is 1. The fraction of sp³-hybridized carbons (Fsp3) is 0.412. The number of nitrogens with one attached hydrogen (secondary N) is 2. The first-order valence-corrected chi connectivity index (χ1v) is 8.52. The number of carbonyl (C=O) groups is 1. The van der Waals surface area contributed by atoms with Crippen LogP contribution in [-0.2, 0) is 0 Å². The summed E-state index contributed by atoms with van der Waals surface area (Å²) in [5.41, 5.74) is 4.44. The molecule has 22 heavy (non-hydrogen) atoms. The molecule has 4 nitrogen and oxygen atoms in total. The number of rotatable bonds is 5. The Morgan fingerprint density at radius 1 is 1.27 bits per heavy atom. The minimum atomic E-state index is -0.185. The minimum absolute atomic E-state index is 0.185. The van der Waals surface area contributed by atoms with E-state index in [0.717, 1.165) is 24.1 Å². The lowest BCUT2D eigenvalue weighted by Gasteiger charge is -2.14. The fourth-order valence-electron chi connectivity index (χ4n) is 2.37. The largest absolute Gasteiger partial charge is 0.335 e. The minimum Gasteiger partial charge on any atom is -0.335 e. The van der Waals surface area contributed by atoms with Crippen LogP contribution < -0.4 is 10.6 Å². The van der Waals surface area contributed by atoms with E-state index < -0.39 is 0 Å². The highest BCUT2D eigenvalue weighted by molar-refractivity contribution is 7.14. The molecule has 118 valence electrons. The van der Waals surface area contributed by atoms with Gasteiger partial charge in [-0.1, -0.05) is 37.6 Å². The normalized spacial score (nSPS) is 10.8. The number of benzene rings is 1. The first kappa shape index (κ1) is 16.5. The van der Waals surface area contributed by atoms with Crippen molar-refractivity contribution >= 4 is 22.5 Å². The summed E-state index contributed by atoms with van der Waals surface area (Å²) >= 11 is 1.44. The molecule has 2 rings (SSSR count). The van der Waals surface area contributed by atoms with Gasteiger partial charge in [0.2, 0.25) is 0 Å². The van der Waals surface area contributed by atoms with Crippen LogP contribution in [-0.4, -0.2) is 17.1 Å². The van der Waals surface area contributed by atoms with Crippen molar-refractivity contribution in [2.75, 3.05) is 5.32 Å². The molecule has 0 bridgehead atoms. The molecular formula is C17H23N3OS. The second kappa shape index (κ2) is 7.40. The molecule has 1 aromatic heterocycles. The molecule has 1 aromatic carbocycles. The molecule has 0 unspecified atom stereocenters. The van der Waals surface area contributed by atoms with Crippen molar-refractivity contribution in [3.8, 4) is 11.3 Å². The molecule has 0 saturated heterocycles. The van der Waals surface area contributed by atoms with Crippen LogP contribution in [0.1, 0.15) is 37.8 Å². The maximum atomic E-state index is 11.9. The zero-order valence-corrected chi connectivity index (χ0v) is 14.4. The molecule has 0 aliphatic carbocycles. The Morgan fingerprint density at radius 2 is 2.00 bits per heavy atom. The monoisotopic (exact) mass is 317 g/mol. The van der Waals surface area contributed by atoms with E-state index in [1.165, 1.54) is 22.5 Å². The van der Waals surface area contributed by atoms with Crippen LogP contribution in [0.3, 0.4) is 0 Å². The van der Waals surface area contributed by atoms with Gasteiger partial charge < -0.3 is 5.32 Å². The van der Waals surface area contributed by atoms with Crippen LogP contribution >= 0.6 is 11.3 Å². The molecule has 2 aromatic rings. The fourth-order valence-corrected chi connectivity index (χ4v) is 3.07. The number of hydrogen-bond donors (Lipinski definition) is 2. The van der Waals surface area contributed by atoms with Crippen LogP contribution in [0.5, 0.6) is 0 Å². The lowest BCUT2D eigenvalue weighted by atomic mass is 10.0. The summed E-state index contributed by atoms with van der Waals surface area (Å²) in [6.07, 6.45) is 1.85. The van der Waals surface area contributed by atoms with Crippen LogP contribution in [0, 0.1) is 13.8 Å². The van der Waals surface area contributed by atoms with E-state index in [9.17, 15) is 4.79 Å². The first-order chi connectivity index (χ1) is 10.5. The molecule has 5 heteroatoms. The first-order valence-electron chi connectivity index (χ1n) is 7.64. The van der Waals surface area contributed by atoms with Gasteiger partial charge in [0.05, 0.1) is 5.69 Å². The van der Waals surface area contributed by atoms with Gasteiger partial charge >= 0.3 is 6.03 Å². The highest BCUT2D eigenvalue weighted by Gasteiger charge is 2.12. The van der Waals surface area contributed by atoms with Gasteiger partial charge in [0, 0.05) is 17.0 Å². The van der Waals surface area contributed by atoms with E-state index in [2.05, 4.69) is 61.5 Å². The van der Waals surface area contributed by atoms with Gasteiger partial charge in [-0.2, -0.15) is 0 Å². The second-order valence-corrected chi connectivity index (χ2v) is 6.33. The summed E-state index contributed by atoms with van der Waals surface area (Å²) in [4.78, 5) is 16.5. The van der Waals surface area contributed by atoms with Crippen LogP contribution in [0.4, 0.5) is 9.93 Å². The summed E-state index contributed by atoms with van der Waals surface area (Å²) < 4.78 is 0. The molecule has 0 fully saturated rings. The second-order valence-electron chi connectivity index (χ2n) is 5.47. The molecule has 0 spiro atoms. The predicted molar refractivity (Wildman–Crippen MR) is 93.5 cm³/mol. The van der Waals surface area contributed by atoms with E-state index in [-0.39, 0.29) is 12.1 Å². The van der Waals surface area contributed by atoms with Crippen molar-refractivity contribution in [1.82, 2.24) is 10.3 Å². The third-order valence-corrected chi connectivity index (χ3v) is 4.46. The van der Waals surface area contributed by atoms with Gasteiger partial charge in [0.15, 0.2) is 5.13 Å². The van der Waals surface area contributed by atoms with Gasteiger partial charge in [-0.15, -0.1) is 11.3 Å². The van der Waals surface area contributed by atoms with E-state index in [1.54, 1.807) is 0 Å². The van der Waals surface area contributed by atoms with Crippen LogP contribution in [0.15, 0.2) is 23.6 Å². The topological polar surface area (TPSA) is 54.0 Å². The van der Waals surface area contributed by atoms with E-state index in [1.807, 2.05) is 5.38 Å². The maximum Gasteiger partial charge on any atom is 0.321 e. The lowest BCUT2D eigenvalue weighted by molar-refractivity contribution is 0.247. The Bertz CT molecular complexity index is 647. The van der Waals surface area contributed by atoms with E-state index in [0.29, 0.717) is 5.13 Å². The van der Waals surface area contributed by atoms with Crippen molar-refractivity contribution in [3.05, 3.63) is 34.7 Å². The number of carbonyl (C=O) groups excluding carboxylic acids is 1. The third kappa shape index (κ3) is 4.07. The SMILES string of the molecule is CCC(CC)NC(=O)Nc1nc(-c2ccc(C)cc2C)cs1. The molecule has 1 heterocycles. The summed E-state index contributed by atoms with van der Waals surface area (Å²) in [5.74, 6) is 0. The highest BCUT2D eigenvalue weighted by atomic mass is 32.1. The maximum absolute atomic E-state index is 11.9. The number of nitrogens with zero attached hydrogens (tertiary/aromatic N) is 1. The van der Waals surface area contributed by atoms with Crippen molar-refractivity contribution in [3.63, 3.8) is 0 Å². The number of thiazole rings is 1. The van der Waals surface area contributed by atoms with Crippen LogP contribution in [0.25, 0.3) is 11.3 Å². The van der Waals surface area contributed by atoms with Crippen molar-refractivity contribution in [2.24, 2.45) is 0 Å². The smallest absolute Gasteiger partial charge is 0.321 e. The average Bonchev–Trinajstić information content (AvgIpc) is 2.92. The quantitative estimate of drug-likeness (QED) is 0.837. The van der Waals surface area contributed by atoms with Gasteiger partial charge in [0.1, 0.15) is 0 Å². The number of urea groups is 1. The van der Waals surface area contributed by atoms with Crippen molar-refractivity contribution < 1.29 is 4.79 Å². The Hall–Kier alpha value is -1.88. The third-order valence-electron chi connectivity index (χ3n) is 3.70. The van der Waals surface area contributed by atoms with Crippen LogP contribution in [0.2, 0.25) is 0 Å². The Kier molecular flexibility index (Phi) is 5.55. The molecule has 0 saturated carbocycles. The Balaban J connectivity index is 2.07. The molecule has 0 atom stereocenters. The number of amides is 2. The summed E-state index contributed by atoms with van der Waals surface area (Å²) in [5, 5.41) is 8.37. The number of hydrogen-bond acceptors (Lipinski definition) is 3. The summed E-state index contributed by atoms with van der Waals surface area (Å²) in [6.45, 7) is 8.29. The molecule has 2 N–H and O–H groups in total. The molecule has 0 aliphatic heterocycles. The van der Waals surface area contributed by atoms with Gasteiger partial charge in [-0.25, -0.2) is 9.78 Å². The standard InChI is InChI=1S/C17H23N3OS/c1-5-13(6-2)18-16(21)20-17-19-15(10-22-17)14-8-7-11(3)9-12(14)4/h7-10,13H,5-6H2,1-4H3,(H2,18,19,20,21). The molecule has 0 radical (unpaired) electrons. The summed E-state index contributed by atoms with van der Waals surface area (Å²) in [7, 11) is 0. The highest BCUT2D eigenvalue weighted by Crippen LogP contribution is 2.27. The van der Waals surface area contributed by atoms with Gasteiger partial charge in [-0.3, -0.25) is 5.32 Å². The van der Waals surface area contributed by atoms with E-state index in [4.69, 9.17) is 0 Å². The summed E-state index contributed by atoms with van der Waals surface area (Å²) in [6, 6.07) is 6.32. The van der Waals surface area contributed by atoms with Crippen molar-refractivity contribution in [1.29, 1.82) is 0 Å². The Labute approximate surface area is 136 Å². The molecular weight excluding hydrogens is 294 g/mol. The molecule has 0 aliphatic rings.